The lowest BCUT2D eigenvalue weighted by Gasteiger charge is -2.18. The largest absolute Gasteiger partial charge is 0.243 e. The quantitative estimate of drug-likeness (QED) is 0.813. The number of thiophene rings is 1. The summed E-state index contributed by atoms with van der Waals surface area (Å²) in [5.41, 5.74) is 2.70. The first-order valence-corrected chi connectivity index (χ1v) is 9.18. The molecule has 0 fully saturated rings. The van der Waals surface area contributed by atoms with Crippen LogP contribution in [0.4, 0.5) is 0 Å². The molecular weight excluding hydrogens is 358 g/mol. The van der Waals surface area contributed by atoms with Gasteiger partial charge in [-0.05, 0) is 64.0 Å². The van der Waals surface area contributed by atoms with Crippen molar-refractivity contribution in [2.24, 2.45) is 0 Å². The third-order valence-corrected chi connectivity index (χ3v) is 6.56. The van der Waals surface area contributed by atoms with Gasteiger partial charge in [0.2, 0.25) is 10.0 Å². The molecule has 3 nitrogen and oxygen atoms in total. The highest BCUT2D eigenvalue weighted by molar-refractivity contribution is 9.11. The van der Waals surface area contributed by atoms with Gasteiger partial charge in [-0.1, -0.05) is 12.1 Å². The number of halogens is 1. The fourth-order valence-corrected chi connectivity index (χ4v) is 4.59. The van der Waals surface area contributed by atoms with Crippen molar-refractivity contribution in [2.75, 3.05) is 7.05 Å². The van der Waals surface area contributed by atoms with E-state index < -0.39 is 10.0 Å². The Morgan fingerprint density at radius 3 is 2.55 bits per heavy atom. The van der Waals surface area contributed by atoms with E-state index in [0.29, 0.717) is 11.4 Å². The summed E-state index contributed by atoms with van der Waals surface area (Å²) in [5, 5.41) is 1.96. The van der Waals surface area contributed by atoms with Crippen molar-refractivity contribution in [3.8, 4) is 0 Å². The highest BCUT2D eigenvalue weighted by atomic mass is 79.9. The zero-order chi connectivity index (χ0) is 14.9. The number of hydrogen-bond donors (Lipinski definition) is 0. The van der Waals surface area contributed by atoms with Gasteiger partial charge in [0.15, 0.2) is 0 Å². The first-order valence-electron chi connectivity index (χ1n) is 6.07. The van der Waals surface area contributed by atoms with Crippen molar-refractivity contribution in [1.82, 2.24) is 4.31 Å². The molecule has 1 aromatic carbocycles. The Labute approximate surface area is 132 Å². The van der Waals surface area contributed by atoms with E-state index in [0.717, 1.165) is 20.5 Å². The lowest BCUT2D eigenvalue weighted by atomic mass is 10.2. The van der Waals surface area contributed by atoms with E-state index >= 15 is 0 Å². The number of sulfonamides is 1. The Bertz CT molecular complexity index is 723. The second-order valence-corrected chi connectivity index (χ2v) is 9.09. The molecule has 2 aromatic rings. The Morgan fingerprint density at radius 2 is 1.95 bits per heavy atom. The second kappa shape index (κ2) is 5.97. The predicted octanol–water partition coefficient (Wildman–Crippen LogP) is 3.95. The molecule has 0 aliphatic carbocycles. The van der Waals surface area contributed by atoms with Crippen molar-refractivity contribution in [1.29, 1.82) is 0 Å². The zero-order valence-electron chi connectivity index (χ0n) is 11.6. The third-order valence-electron chi connectivity index (χ3n) is 3.06. The molecule has 0 bridgehead atoms. The van der Waals surface area contributed by atoms with Gasteiger partial charge in [-0.2, -0.15) is 4.31 Å². The number of nitrogens with zero attached hydrogens (tertiary/aromatic N) is 1. The van der Waals surface area contributed by atoms with Crippen LogP contribution >= 0.6 is 27.3 Å². The van der Waals surface area contributed by atoms with E-state index in [1.807, 2.05) is 37.4 Å². The van der Waals surface area contributed by atoms with Crippen LogP contribution in [0.3, 0.4) is 0 Å². The third kappa shape index (κ3) is 3.31. The molecule has 0 unspecified atom stereocenters. The van der Waals surface area contributed by atoms with Crippen LogP contribution < -0.4 is 0 Å². The minimum atomic E-state index is -3.46. The second-order valence-electron chi connectivity index (χ2n) is 4.79. The Kier molecular flexibility index (Phi) is 4.69. The summed E-state index contributed by atoms with van der Waals surface area (Å²) in [6.45, 7) is 4.09. The van der Waals surface area contributed by atoms with Gasteiger partial charge in [-0.25, -0.2) is 8.42 Å². The summed E-state index contributed by atoms with van der Waals surface area (Å²) in [6, 6.07) is 7.44. The SMILES string of the molecule is Cc1ccc(C)c(S(=O)(=O)N(C)Cc2csc(Br)c2)c1. The standard InChI is InChI=1S/C14H16BrNO2S2/c1-10-4-5-11(2)13(6-10)20(17,18)16(3)8-12-7-14(15)19-9-12/h4-7,9H,8H2,1-3H3. The van der Waals surface area contributed by atoms with Gasteiger partial charge < -0.3 is 0 Å². The molecule has 108 valence electrons. The maximum atomic E-state index is 12.6. The molecule has 0 atom stereocenters. The molecule has 1 aromatic heterocycles. The Morgan fingerprint density at radius 1 is 1.25 bits per heavy atom. The summed E-state index contributed by atoms with van der Waals surface area (Å²) in [7, 11) is -1.84. The van der Waals surface area contributed by atoms with Crippen LogP contribution in [-0.2, 0) is 16.6 Å². The zero-order valence-corrected chi connectivity index (χ0v) is 14.8. The van der Waals surface area contributed by atoms with Crippen molar-refractivity contribution >= 4 is 37.3 Å². The average Bonchev–Trinajstić information content (AvgIpc) is 2.77. The summed E-state index contributed by atoms with van der Waals surface area (Å²) in [5.74, 6) is 0. The first kappa shape index (κ1) is 15.7. The molecule has 0 saturated heterocycles. The molecule has 0 radical (unpaired) electrons. The van der Waals surface area contributed by atoms with Crippen LogP contribution in [0.2, 0.25) is 0 Å². The van der Waals surface area contributed by atoms with Gasteiger partial charge in [-0.3, -0.25) is 0 Å². The molecule has 0 aliphatic heterocycles. The van der Waals surface area contributed by atoms with Crippen molar-refractivity contribution in [3.05, 3.63) is 50.1 Å². The number of benzene rings is 1. The highest BCUT2D eigenvalue weighted by Crippen LogP contribution is 2.25. The summed E-state index contributed by atoms with van der Waals surface area (Å²) in [4.78, 5) is 0.384. The minimum absolute atomic E-state index is 0.373. The van der Waals surface area contributed by atoms with Gasteiger partial charge in [0.25, 0.3) is 0 Å². The monoisotopic (exact) mass is 373 g/mol. The molecule has 0 saturated carbocycles. The maximum absolute atomic E-state index is 12.6. The predicted molar refractivity (Wildman–Crippen MR) is 86.6 cm³/mol. The number of hydrogen-bond acceptors (Lipinski definition) is 3. The lowest BCUT2D eigenvalue weighted by Crippen LogP contribution is -2.27. The first-order chi connectivity index (χ1) is 9.30. The van der Waals surface area contributed by atoms with Gasteiger partial charge >= 0.3 is 0 Å². The normalized spacial score (nSPS) is 12.1. The van der Waals surface area contributed by atoms with Crippen LogP contribution in [0.5, 0.6) is 0 Å². The van der Waals surface area contributed by atoms with E-state index in [1.165, 1.54) is 4.31 Å². The van der Waals surface area contributed by atoms with Crippen LogP contribution in [0.15, 0.2) is 38.3 Å². The van der Waals surface area contributed by atoms with Crippen molar-refractivity contribution in [2.45, 2.75) is 25.3 Å². The van der Waals surface area contributed by atoms with Gasteiger partial charge in [0.05, 0.1) is 8.68 Å². The smallest absolute Gasteiger partial charge is 0.207 e. The maximum Gasteiger partial charge on any atom is 0.243 e. The van der Waals surface area contributed by atoms with E-state index in [2.05, 4.69) is 15.9 Å². The summed E-state index contributed by atoms with van der Waals surface area (Å²) >= 11 is 4.94. The summed E-state index contributed by atoms with van der Waals surface area (Å²) < 4.78 is 27.7. The van der Waals surface area contributed by atoms with E-state index in [-0.39, 0.29) is 0 Å². The van der Waals surface area contributed by atoms with E-state index in [9.17, 15) is 8.42 Å². The molecule has 0 spiro atoms. The molecule has 1 heterocycles. The van der Waals surface area contributed by atoms with Crippen LogP contribution in [-0.4, -0.2) is 19.8 Å². The lowest BCUT2D eigenvalue weighted by molar-refractivity contribution is 0.466. The Hall–Kier alpha value is -0.690. The number of aryl methyl sites for hydroxylation is 2. The fraction of sp³-hybridized carbons (Fsp3) is 0.286. The summed E-state index contributed by atoms with van der Waals surface area (Å²) in [6.07, 6.45) is 0. The molecular formula is C14H16BrNO2S2. The van der Waals surface area contributed by atoms with Gasteiger partial charge in [0.1, 0.15) is 0 Å². The minimum Gasteiger partial charge on any atom is -0.207 e. The van der Waals surface area contributed by atoms with Crippen molar-refractivity contribution in [3.63, 3.8) is 0 Å². The fourth-order valence-electron chi connectivity index (χ4n) is 1.92. The highest BCUT2D eigenvalue weighted by Gasteiger charge is 2.23. The van der Waals surface area contributed by atoms with E-state index in [4.69, 9.17) is 0 Å². The van der Waals surface area contributed by atoms with Crippen LogP contribution in [0.1, 0.15) is 16.7 Å². The van der Waals surface area contributed by atoms with Gasteiger partial charge in [0, 0.05) is 13.6 Å². The molecule has 20 heavy (non-hydrogen) atoms. The topological polar surface area (TPSA) is 37.4 Å². The van der Waals surface area contributed by atoms with E-state index in [1.54, 1.807) is 24.5 Å². The van der Waals surface area contributed by atoms with Crippen LogP contribution in [0, 0.1) is 13.8 Å². The average molecular weight is 374 g/mol. The molecule has 0 aliphatic rings. The number of rotatable bonds is 4. The van der Waals surface area contributed by atoms with Gasteiger partial charge in [-0.15, -0.1) is 11.3 Å². The molecule has 2 rings (SSSR count). The molecule has 0 N–H and O–H groups in total. The van der Waals surface area contributed by atoms with Crippen LogP contribution in [0.25, 0.3) is 0 Å². The molecule has 0 amide bonds. The van der Waals surface area contributed by atoms with Crippen molar-refractivity contribution < 1.29 is 8.42 Å². The Balaban J connectivity index is 2.32. The molecule has 6 heteroatoms.